The highest BCUT2D eigenvalue weighted by Gasteiger charge is 2.11. The third kappa shape index (κ3) is 2.89. The Morgan fingerprint density at radius 2 is 1.90 bits per heavy atom. The Labute approximate surface area is 114 Å². The number of nitrogens with two attached hydrogens (primary N) is 1. The summed E-state index contributed by atoms with van der Waals surface area (Å²) in [5, 5.41) is 8.86. The van der Waals surface area contributed by atoms with Crippen molar-refractivity contribution in [2.45, 2.75) is 6.92 Å². The number of ether oxygens (including phenoxy) is 1. The molecule has 0 unspecified atom stereocenters. The van der Waals surface area contributed by atoms with E-state index in [1.165, 1.54) is 18.3 Å². The Hall–Kier alpha value is -2.96. The standard InChI is InChI=1S/C13H11N3O4/c1-7-10(12(18)19)6-15-13(16-7)20-9-4-2-8(3-5-9)11(14)17/h2-6H,1H3,(H2,14,17)(H,18,19). The minimum absolute atomic E-state index is 0.0152. The van der Waals surface area contributed by atoms with Crippen molar-refractivity contribution in [3.63, 3.8) is 0 Å². The Bertz CT molecular complexity index is 668. The maximum absolute atomic E-state index is 10.9. The summed E-state index contributed by atoms with van der Waals surface area (Å²) >= 11 is 0. The van der Waals surface area contributed by atoms with Crippen LogP contribution in [0, 0.1) is 6.92 Å². The Morgan fingerprint density at radius 3 is 2.40 bits per heavy atom. The Kier molecular flexibility index (Phi) is 3.60. The molecule has 1 amide bonds. The van der Waals surface area contributed by atoms with Crippen LogP contribution in [0.4, 0.5) is 0 Å². The number of aryl methyl sites for hydroxylation is 1. The Morgan fingerprint density at radius 1 is 1.25 bits per heavy atom. The van der Waals surface area contributed by atoms with Crippen molar-refractivity contribution in [2.24, 2.45) is 5.73 Å². The van der Waals surface area contributed by atoms with Crippen LogP contribution in [0.25, 0.3) is 0 Å². The molecule has 20 heavy (non-hydrogen) atoms. The minimum Gasteiger partial charge on any atom is -0.478 e. The Balaban J connectivity index is 2.19. The molecule has 7 heteroatoms. The quantitative estimate of drug-likeness (QED) is 0.869. The van der Waals surface area contributed by atoms with Crippen LogP contribution in [-0.4, -0.2) is 27.0 Å². The van der Waals surface area contributed by atoms with Gasteiger partial charge in [-0.2, -0.15) is 4.98 Å². The average molecular weight is 273 g/mol. The van der Waals surface area contributed by atoms with Crippen LogP contribution in [0.15, 0.2) is 30.5 Å². The number of carbonyl (C=O) groups excluding carboxylic acids is 1. The lowest BCUT2D eigenvalue weighted by Crippen LogP contribution is -2.10. The number of nitrogens with zero attached hydrogens (tertiary/aromatic N) is 2. The van der Waals surface area contributed by atoms with Gasteiger partial charge in [-0.15, -0.1) is 0 Å². The third-order valence-electron chi connectivity index (χ3n) is 2.54. The van der Waals surface area contributed by atoms with Gasteiger partial charge < -0.3 is 15.6 Å². The number of rotatable bonds is 4. The van der Waals surface area contributed by atoms with Crippen LogP contribution in [-0.2, 0) is 0 Å². The molecule has 0 saturated heterocycles. The molecule has 1 aromatic heterocycles. The van der Waals surface area contributed by atoms with Gasteiger partial charge in [0.15, 0.2) is 0 Å². The summed E-state index contributed by atoms with van der Waals surface area (Å²) in [4.78, 5) is 29.5. The number of carbonyl (C=O) groups is 2. The van der Waals surface area contributed by atoms with Gasteiger partial charge in [-0.25, -0.2) is 9.78 Å². The van der Waals surface area contributed by atoms with Gasteiger partial charge in [0.1, 0.15) is 5.75 Å². The van der Waals surface area contributed by atoms with E-state index in [1.807, 2.05) is 0 Å². The molecule has 0 aliphatic heterocycles. The first-order valence-electron chi connectivity index (χ1n) is 5.62. The number of hydrogen-bond acceptors (Lipinski definition) is 5. The van der Waals surface area contributed by atoms with E-state index in [2.05, 4.69) is 9.97 Å². The van der Waals surface area contributed by atoms with E-state index in [9.17, 15) is 9.59 Å². The van der Waals surface area contributed by atoms with Crippen molar-refractivity contribution in [1.82, 2.24) is 9.97 Å². The van der Waals surface area contributed by atoms with Gasteiger partial charge in [-0.05, 0) is 31.2 Å². The molecule has 2 rings (SSSR count). The predicted molar refractivity (Wildman–Crippen MR) is 68.8 cm³/mol. The van der Waals surface area contributed by atoms with Crippen LogP contribution in [0.5, 0.6) is 11.8 Å². The topological polar surface area (TPSA) is 115 Å². The molecule has 0 fully saturated rings. The first-order valence-corrected chi connectivity index (χ1v) is 5.62. The summed E-state index contributed by atoms with van der Waals surface area (Å²) in [6, 6.07) is 6.14. The van der Waals surface area contributed by atoms with Crippen molar-refractivity contribution in [2.75, 3.05) is 0 Å². The number of aromatic carboxylic acids is 1. The van der Waals surface area contributed by atoms with E-state index in [0.717, 1.165) is 0 Å². The van der Waals surface area contributed by atoms with Crippen molar-refractivity contribution in [3.8, 4) is 11.8 Å². The molecule has 0 atom stereocenters. The lowest BCUT2D eigenvalue weighted by molar-refractivity contribution is 0.0694. The maximum atomic E-state index is 10.9. The van der Waals surface area contributed by atoms with E-state index in [0.29, 0.717) is 17.0 Å². The van der Waals surface area contributed by atoms with Crippen LogP contribution < -0.4 is 10.5 Å². The summed E-state index contributed by atoms with van der Waals surface area (Å²) in [6.07, 6.45) is 1.18. The minimum atomic E-state index is -1.10. The van der Waals surface area contributed by atoms with Gasteiger partial charge in [-0.1, -0.05) is 0 Å². The number of carboxylic acid groups (broad SMARTS) is 1. The molecule has 1 aromatic carbocycles. The van der Waals surface area contributed by atoms with Crippen molar-refractivity contribution in [1.29, 1.82) is 0 Å². The predicted octanol–water partition coefficient (Wildman–Crippen LogP) is 1.37. The second-order valence-electron chi connectivity index (χ2n) is 3.95. The monoisotopic (exact) mass is 273 g/mol. The van der Waals surface area contributed by atoms with Gasteiger partial charge in [0, 0.05) is 11.8 Å². The first-order chi connectivity index (χ1) is 9.47. The average Bonchev–Trinajstić information content (AvgIpc) is 2.39. The second kappa shape index (κ2) is 5.35. The zero-order valence-electron chi connectivity index (χ0n) is 10.5. The lowest BCUT2D eigenvalue weighted by Gasteiger charge is -2.06. The number of amides is 1. The molecule has 102 valence electrons. The third-order valence-corrected chi connectivity index (χ3v) is 2.54. The van der Waals surface area contributed by atoms with E-state index in [4.69, 9.17) is 15.6 Å². The highest BCUT2D eigenvalue weighted by molar-refractivity contribution is 5.92. The van der Waals surface area contributed by atoms with Gasteiger partial charge >= 0.3 is 12.0 Å². The van der Waals surface area contributed by atoms with E-state index in [1.54, 1.807) is 19.1 Å². The fraction of sp³-hybridized carbons (Fsp3) is 0.0769. The fourth-order valence-electron chi connectivity index (χ4n) is 1.50. The van der Waals surface area contributed by atoms with Gasteiger partial charge in [0.05, 0.1) is 11.3 Å². The van der Waals surface area contributed by atoms with Crippen LogP contribution in [0.3, 0.4) is 0 Å². The van der Waals surface area contributed by atoms with Crippen molar-refractivity contribution in [3.05, 3.63) is 47.3 Å². The number of carboxylic acids is 1. The molecule has 0 radical (unpaired) electrons. The molecule has 0 bridgehead atoms. The first kappa shape index (κ1) is 13.5. The maximum Gasteiger partial charge on any atom is 0.339 e. The van der Waals surface area contributed by atoms with Gasteiger partial charge in [-0.3, -0.25) is 4.79 Å². The smallest absolute Gasteiger partial charge is 0.339 e. The van der Waals surface area contributed by atoms with Gasteiger partial charge in [0.25, 0.3) is 0 Å². The van der Waals surface area contributed by atoms with Crippen LogP contribution in [0.2, 0.25) is 0 Å². The molecular weight excluding hydrogens is 262 g/mol. The van der Waals surface area contributed by atoms with E-state index < -0.39 is 11.9 Å². The molecule has 3 N–H and O–H groups in total. The highest BCUT2D eigenvalue weighted by atomic mass is 16.5. The van der Waals surface area contributed by atoms with E-state index >= 15 is 0 Å². The number of hydrogen-bond donors (Lipinski definition) is 2. The summed E-state index contributed by atoms with van der Waals surface area (Å²) in [5.41, 5.74) is 5.80. The molecule has 0 saturated carbocycles. The molecule has 1 heterocycles. The second-order valence-corrected chi connectivity index (χ2v) is 3.95. The largest absolute Gasteiger partial charge is 0.478 e. The summed E-state index contributed by atoms with van der Waals surface area (Å²) in [6.45, 7) is 1.55. The van der Waals surface area contributed by atoms with Crippen LogP contribution >= 0.6 is 0 Å². The number of aromatic nitrogens is 2. The normalized spacial score (nSPS) is 10.1. The summed E-state index contributed by atoms with van der Waals surface area (Å²) in [5.74, 6) is -1.22. The highest BCUT2D eigenvalue weighted by Crippen LogP contribution is 2.19. The zero-order chi connectivity index (χ0) is 14.7. The van der Waals surface area contributed by atoms with Crippen molar-refractivity contribution >= 4 is 11.9 Å². The van der Waals surface area contributed by atoms with Gasteiger partial charge in [0.2, 0.25) is 5.91 Å². The summed E-state index contributed by atoms with van der Waals surface area (Å²) in [7, 11) is 0. The fourth-order valence-corrected chi connectivity index (χ4v) is 1.50. The summed E-state index contributed by atoms with van der Waals surface area (Å²) < 4.78 is 5.36. The zero-order valence-corrected chi connectivity index (χ0v) is 10.5. The molecule has 7 nitrogen and oxygen atoms in total. The SMILES string of the molecule is Cc1nc(Oc2ccc(C(N)=O)cc2)ncc1C(=O)O. The molecule has 0 spiro atoms. The van der Waals surface area contributed by atoms with Crippen LogP contribution in [0.1, 0.15) is 26.4 Å². The number of primary amides is 1. The molecule has 2 aromatic rings. The van der Waals surface area contributed by atoms with E-state index in [-0.39, 0.29) is 11.6 Å². The number of benzene rings is 1. The lowest BCUT2D eigenvalue weighted by atomic mass is 10.2. The molecular formula is C13H11N3O4. The molecule has 0 aliphatic rings. The van der Waals surface area contributed by atoms with Crippen molar-refractivity contribution < 1.29 is 19.4 Å². The molecule has 0 aliphatic carbocycles.